The molecule has 0 bridgehead atoms. The lowest BCUT2D eigenvalue weighted by Crippen LogP contribution is -2.27. The Hall–Kier alpha value is -4.44. The molecule has 3 N–H and O–H groups in total. The van der Waals surface area contributed by atoms with Crippen LogP contribution >= 0.6 is 0 Å². The highest BCUT2D eigenvalue weighted by Gasteiger charge is 2.24. The number of anilines is 2. The number of nitrogens with zero attached hydrogens (tertiary/aromatic N) is 5. The van der Waals surface area contributed by atoms with E-state index < -0.39 is 0 Å². The molecule has 10 heteroatoms. The van der Waals surface area contributed by atoms with Crippen molar-refractivity contribution in [1.82, 2.24) is 29.1 Å². The van der Waals surface area contributed by atoms with E-state index in [1.54, 1.807) is 29.1 Å². The summed E-state index contributed by atoms with van der Waals surface area (Å²) in [7, 11) is 0. The summed E-state index contributed by atoms with van der Waals surface area (Å²) in [6.07, 6.45) is 4.84. The Morgan fingerprint density at radius 1 is 1.03 bits per heavy atom. The molecule has 0 atom stereocenters. The highest BCUT2D eigenvalue weighted by molar-refractivity contribution is 5.89. The second-order valence-corrected chi connectivity index (χ2v) is 9.25. The van der Waals surface area contributed by atoms with Crippen LogP contribution in [0.5, 0.6) is 5.75 Å². The van der Waals surface area contributed by atoms with Gasteiger partial charge in [-0.05, 0) is 63.1 Å². The molecule has 0 radical (unpaired) electrons. The van der Waals surface area contributed by atoms with Crippen LogP contribution < -0.4 is 11.0 Å². The largest absolute Gasteiger partial charge is 0.508 e. The number of phenolic OH excluding ortho intramolecular Hbond substituents is 1. The molecule has 4 aromatic heterocycles. The zero-order chi connectivity index (χ0) is 25.5. The first-order valence-electron chi connectivity index (χ1n) is 12.3. The number of pyridine rings is 1. The fraction of sp³-hybridized carbons (Fsp3) is 0.259. The van der Waals surface area contributed by atoms with Gasteiger partial charge in [-0.3, -0.25) is 9.55 Å². The average molecular weight is 498 g/mol. The molecule has 0 unspecified atom stereocenters. The molecule has 1 aliphatic rings. The molecular weight excluding hydrogens is 470 g/mol. The molecule has 188 valence electrons. The Balaban J connectivity index is 1.54. The van der Waals surface area contributed by atoms with Crippen LogP contribution in [-0.2, 0) is 4.74 Å². The molecule has 6 rings (SSSR count). The lowest BCUT2D eigenvalue weighted by Gasteiger charge is -2.23. The van der Waals surface area contributed by atoms with Gasteiger partial charge in [0.1, 0.15) is 17.0 Å². The van der Waals surface area contributed by atoms with Gasteiger partial charge in [0.15, 0.2) is 5.65 Å². The van der Waals surface area contributed by atoms with Gasteiger partial charge < -0.3 is 24.7 Å². The minimum atomic E-state index is -0.222. The maximum Gasteiger partial charge on any atom is 0.327 e. The molecule has 10 nitrogen and oxygen atoms in total. The number of aryl methyl sites for hydroxylation is 2. The molecule has 0 amide bonds. The smallest absolute Gasteiger partial charge is 0.327 e. The number of aromatic hydroxyl groups is 1. The number of fused-ring (bicyclic) bond motifs is 1. The van der Waals surface area contributed by atoms with Gasteiger partial charge in [-0.2, -0.15) is 4.98 Å². The molecule has 5 heterocycles. The van der Waals surface area contributed by atoms with Crippen molar-refractivity contribution in [1.29, 1.82) is 0 Å². The number of hydrogen-bond donors (Lipinski definition) is 3. The minimum Gasteiger partial charge on any atom is -0.508 e. The van der Waals surface area contributed by atoms with Gasteiger partial charge in [-0.25, -0.2) is 9.78 Å². The van der Waals surface area contributed by atoms with E-state index >= 15 is 0 Å². The second-order valence-electron chi connectivity index (χ2n) is 9.25. The van der Waals surface area contributed by atoms with Crippen LogP contribution in [0.15, 0.2) is 59.7 Å². The number of imidazole rings is 1. The highest BCUT2D eigenvalue weighted by Crippen LogP contribution is 2.33. The Labute approximate surface area is 212 Å². The summed E-state index contributed by atoms with van der Waals surface area (Å²) in [6, 6.07) is 12.9. The predicted molar refractivity (Wildman–Crippen MR) is 141 cm³/mol. The lowest BCUT2D eigenvalue weighted by atomic mass is 10.1. The van der Waals surface area contributed by atoms with E-state index in [2.05, 4.69) is 19.9 Å². The topological polar surface area (TPSA) is 123 Å². The van der Waals surface area contributed by atoms with Crippen LogP contribution in [-0.4, -0.2) is 47.4 Å². The number of phenols is 1. The number of ether oxygens (including phenoxy) is 1. The van der Waals surface area contributed by atoms with Gasteiger partial charge in [0.2, 0.25) is 5.95 Å². The molecule has 37 heavy (non-hydrogen) atoms. The van der Waals surface area contributed by atoms with Crippen LogP contribution in [0.4, 0.5) is 11.6 Å². The molecule has 0 spiro atoms. The van der Waals surface area contributed by atoms with E-state index in [-0.39, 0.29) is 17.5 Å². The molecule has 5 aromatic rings. The van der Waals surface area contributed by atoms with E-state index in [9.17, 15) is 9.90 Å². The number of benzene rings is 1. The van der Waals surface area contributed by atoms with Crippen molar-refractivity contribution in [3.63, 3.8) is 0 Å². The third-order valence-corrected chi connectivity index (χ3v) is 6.82. The third-order valence-electron chi connectivity index (χ3n) is 6.82. The normalized spacial score (nSPS) is 14.3. The van der Waals surface area contributed by atoms with Crippen LogP contribution in [0.1, 0.15) is 30.3 Å². The van der Waals surface area contributed by atoms with Crippen LogP contribution in [0.25, 0.3) is 28.1 Å². The summed E-state index contributed by atoms with van der Waals surface area (Å²) in [5, 5.41) is 13.6. The maximum atomic E-state index is 13.1. The molecule has 1 aliphatic heterocycles. The summed E-state index contributed by atoms with van der Waals surface area (Å²) in [5.74, 6) is 0.429. The maximum absolute atomic E-state index is 13.1. The van der Waals surface area contributed by atoms with E-state index in [0.29, 0.717) is 41.7 Å². The molecule has 0 saturated carbocycles. The summed E-state index contributed by atoms with van der Waals surface area (Å²) >= 11 is 0. The number of nitrogens with one attached hydrogen (secondary N) is 2. The fourth-order valence-electron chi connectivity index (χ4n) is 5.05. The van der Waals surface area contributed by atoms with Crippen LogP contribution in [0.3, 0.4) is 0 Å². The van der Waals surface area contributed by atoms with E-state index in [4.69, 9.17) is 14.7 Å². The molecule has 1 fully saturated rings. The Bertz CT molecular complexity index is 1630. The minimum absolute atomic E-state index is 0.0236. The molecular formula is C27H27N7O3. The molecule has 1 saturated heterocycles. The van der Waals surface area contributed by atoms with E-state index in [1.165, 1.54) is 0 Å². The van der Waals surface area contributed by atoms with Crippen molar-refractivity contribution in [2.24, 2.45) is 0 Å². The van der Waals surface area contributed by atoms with Crippen molar-refractivity contribution in [2.75, 3.05) is 18.5 Å². The van der Waals surface area contributed by atoms with Crippen molar-refractivity contribution in [3.8, 4) is 22.7 Å². The van der Waals surface area contributed by atoms with Crippen molar-refractivity contribution >= 4 is 22.8 Å². The van der Waals surface area contributed by atoms with Crippen molar-refractivity contribution < 1.29 is 9.84 Å². The molecule has 1 aromatic carbocycles. The van der Waals surface area contributed by atoms with Gasteiger partial charge >= 0.3 is 5.69 Å². The quantitative estimate of drug-likeness (QED) is 0.329. The van der Waals surface area contributed by atoms with E-state index in [1.807, 2.05) is 44.2 Å². The number of aromatic amines is 1. The first kappa shape index (κ1) is 23.0. The van der Waals surface area contributed by atoms with Gasteiger partial charge in [0.25, 0.3) is 0 Å². The van der Waals surface area contributed by atoms with Gasteiger partial charge in [0, 0.05) is 54.7 Å². The Kier molecular flexibility index (Phi) is 5.72. The summed E-state index contributed by atoms with van der Waals surface area (Å²) in [5.41, 5.74) is 5.86. The first-order valence-corrected chi connectivity index (χ1v) is 12.3. The SMILES string of the molecule is Cc1ccc(C)n1-c1ccc(O)cc1Nc1nc(-c2ccncc2)c2[nH]c(=O)n(C3CCOCC3)c2n1. The second kappa shape index (κ2) is 9.21. The Morgan fingerprint density at radius 3 is 2.49 bits per heavy atom. The number of rotatable bonds is 5. The summed E-state index contributed by atoms with van der Waals surface area (Å²) < 4.78 is 9.34. The predicted octanol–water partition coefficient (Wildman–Crippen LogP) is 4.39. The first-order chi connectivity index (χ1) is 18.0. The van der Waals surface area contributed by atoms with E-state index in [0.717, 1.165) is 35.5 Å². The van der Waals surface area contributed by atoms with Gasteiger partial charge in [-0.1, -0.05) is 0 Å². The van der Waals surface area contributed by atoms with Crippen molar-refractivity contribution in [3.05, 3.63) is 76.7 Å². The van der Waals surface area contributed by atoms with Crippen molar-refractivity contribution in [2.45, 2.75) is 32.7 Å². The zero-order valence-corrected chi connectivity index (χ0v) is 20.6. The number of aromatic nitrogens is 6. The standard InChI is InChI=1S/C27H27N7O3/c1-16-3-4-17(2)33(16)22-6-5-20(35)15-21(22)29-26-30-23(18-7-11-28-12-8-18)24-25(32-26)34(27(36)31-24)19-9-13-37-14-10-19/h3-8,11-12,15,19,35H,9-10,13-14H2,1-2H3,(H,31,36)(H,29,30,32). The lowest BCUT2D eigenvalue weighted by molar-refractivity contribution is 0.0697. The van der Waals surface area contributed by atoms with Gasteiger partial charge in [0.05, 0.1) is 11.4 Å². The van der Waals surface area contributed by atoms with Crippen LogP contribution in [0, 0.1) is 13.8 Å². The van der Waals surface area contributed by atoms with Gasteiger partial charge in [-0.15, -0.1) is 0 Å². The third kappa shape index (κ3) is 4.15. The summed E-state index contributed by atoms with van der Waals surface area (Å²) in [6.45, 7) is 5.25. The number of H-pyrrole nitrogens is 1. The molecule has 0 aliphatic carbocycles. The zero-order valence-electron chi connectivity index (χ0n) is 20.6. The highest BCUT2D eigenvalue weighted by atomic mass is 16.5. The summed E-state index contributed by atoms with van der Waals surface area (Å²) in [4.78, 5) is 29.9. The monoisotopic (exact) mass is 497 g/mol. The fourth-order valence-corrected chi connectivity index (χ4v) is 5.05. The van der Waals surface area contributed by atoms with Crippen LogP contribution in [0.2, 0.25) is 0 Å². The Morgan fingerprint density at radius 2 is 1.76 bits per heavy atom. The number of hydrogen-bond acceptors (Lipinski definition) is 7. The average Bonchev–Trinajstić information content (AvgIpc) is 3.42.